The first kappa shape index (κ1) is 16.2. The second kappa shape index (κ2) is 8.34. The minimum absolute atomic E-state index is 0.0425. The van der Waals surface area contributed by atoms with Crippen LogP contribution in [0.1, 0.15) is 38.7 Å². The Morgan fingerprint density at radius 1 is 1.45 bits per heavy atom. The number of rotatable bonds is 7. The molecule has 0 aliphatic rings. The molecular formula is C16H23N3O. The summed E-state index contributed by atoms with van der Waals surface area (Å²) in [5.74, 6) is -0.0425. The van der Waals surface area contributed by atoms with E-state index in [0.717, 1.165) is 13.0 Å². The van der Waals surface area contributed by atoms with Crippen LogP contribution >= 0.6 is 0 Å². The molecule has 1 amide bonds. The highest BCUT2D eigenvalue weighted by atomic mass is 16.2. The molecule has 0 saturated heterocycles. The monoisotopic (exact) mass is 273 g/mol. The Morgan fingerprint density at radius 2 is 2.20 bits per heavy atom. The predicted molar refractivity (Wildman–Crippen MR) is 81.4 cm³/mol. The Balaban J connectivity index is 2.54. The topological polar surface area (TPSA) is 56.1 Å². The molecule has 1 aromatic rings. The van der Waals surface area contributed by atoms with Gasteiger partial charge in [-0.05, 0) is 45.1 Å². The van der Waals surface area contributed by atoms with Gasteiger partial charge < -0.3 is 5.32 Å². The van der Waals surface area contributed by atoms with E-state index in [9.17, 15) is 4.79 Å². The summed E-state index contributed by atoms with van der Waals surface area (Å²) >= 11 is 0. The number of benzene rings is 1. The molecule has 0 aromatic heterocycles. The fraction of sp³-hybridized carbons (Fsp3) is 0.500. The highest BCUT2D eigenvalue weighted by Crippen LogP contribution is 2.11. The number of likely N-dealkylation sites (N-methyl/N-ethyl adjacent to an activating group) is 1. The van der Waals surface area contributed by atoms with E-state index in [2.05, 4.69) is 23.2 Å². The smallest absolute Gasteiger partial charge is 0.241 e. The molecule has 1 aromatic carbocycles. The van der Waals surface area contributed by atoms with Crippen LogP contribution in [0.3, 0.4) is 0 Å². The van der Waals surface area contributed by atoms with Gasteiger partial charge in [-0.1, -0.05) is 25.8 Å². The second-order valence-electron chi connectivity index (χ2n) is 5.05. The Labute approximate surface area is 121 Å². The lowest BCUT2D eigenvalue weighted by molar-refractivity contribution is -0.120. The van der Waals surface area contributed by atoms with Crippen molar-refractivity contribution in [3.63, 3.8) is 0 Å². The molecule has 0 fully saturated rings. The highest BCUT2D eigenvalue weighted by Gasteiger charge is 2.17. The van der Waals surface area contributed by atoms with Gasteiger partial charge in [0, 0.05) is 5.69 Å². The van der Waals surface area contributed by atoms with Crippen molar-refractivity contribution in [1.82, 2.24) is 4.90 Å². The van der Waals surface area contributed by atoms with Gasteiger partial charge in [0.05, 0.1) is 17.7 Å². The fourth-order valence-electron chi connectivity index (χ4n) is 1.92. The molecular weight excluding hydrogens is 250 g/mol. The van der Waals surface area contributed by atoms with Gasteiger partial charge in [-0.2, -0.15) is 5.26 Å². The summed E-state index contributed by atoms with van der Waals surface area (Å²) in [6, 6.07) is 8.84. The van der Waals surface area contributed by atoms with E-state index in [-0.39, 0.29) is 11.9 Å². The predicted octanol–water partition coefficient (Wildman–Crippen LogP) is 3.01. The molecule has 1 N–H and O–H groups in total. The molecule has 108 valence electrons. The van der Waals surface area contributed by atoms with E-state index >= 15 is 0 Å². The second-order valence-corrected chi connectivity index (χ2v) is 5.05. The van der Waals surface area contributed by atoms with Crippen molar-refractivity contribution in [3.05, 3.63) is 29.8 Å². The molecule has 4 heteroatoms. The summed E-state index contributed by atoms with van der Waals surface area (Å²) in [5.41, 5.74) is 1.22. The number of carbonyl (C=O) groups is 1. The SMILES string of the molecule is CCCCCN(C)C(C)C(=O)Nc1cccc(C#N)c1. The van der Waals surface area contributed by atoms with E-state index in [1.54, 1.807) is 24.3 Å². The van der Waals surface area contributed by atoms with Crippen LogP contribution < -0.4 is 5.32 Å². The van der Waals surface area contributed by atoms with Crippen LogP contribution in [0.2, 0.25) is 0 Å². The number of amides is 1. The fourth-order valence-corrected chi connectivity index (χ4v) is 1.92. The number of hydrogen-bond donors (Lipinski definition) is 1. The Hall–Kier alpha value is -1.86. The summed E-state index contributed by atoms with van der Waals surface area (Å²) in [6.07, 6.45) is 3.47. The number of unbranched alkanes of at least 4 members (excludes halogenated alkanes) is 2. The number of nitrogens with zero attached hydrogens (tertiary/aromatic N) is 2. The van der Waals surface area contributed by atoms with Gasteiger partial charge in [-0.15, -0.1) is 0 Å². The molecule has 20 heavy (non-hydrogen) atoms. The van der Waals surface area contributed by atoms with Gasteiger partial charge >= 0.3 is 0 Å². The first-order valence-electron chi connectivity index (χ1n) is 7.09. The minimum atomic E-state index is -0.183. The lowest BCUT2D eigenvalue weighted by Gasteiger charge is -2.23. The molecule has 4 nitrogen and oxygen atoms in total. The van der Waals surface area contributed by atoms with Gasteiger partial charge in [0.2, 0.25) is 5.91 Å². The molecule has 0 saturated carbocycles. The summed E-state index contributed by atoms with van der Waals surface area (Å²) in [7, 11) is 1.96. The van der Waals surface area contributed by atoms with Crippen molar-refractivity contribution in [2.45, 2.75) is 39.2 Å². The summed E-state index contributed by atoms with van der Waals surface area (Å²) < 4.78 is 0. The van der Waals surface area contributed by atoms with Crippen LogP contribution in [0, 0.1) is 11.3 Å². The van der Waals surface area contributed by atoms with Crippen LogP contribution in [-0.2, 0) is 4.79 Å². The molecule has 1 unspecified atom stereocenters. The van der Waals surface area contributed by atoms with E-state index < -0.39 is 0 Å². The minimum Gasteiger partial charge on any atom is -0.325 e. The van der Waals surface area contributed by atoms with Crippen LogP contribution in [0.5, 0.6) is 0 Å². The zero-order valence-electron chi connectivity index (χ0n) is 12.5. The van der Waals surface area contributed by atoms with E-state index in [0.29, 0.717) is 11.3 Å². The van der Waals surface area contributed by atoms with Gasteiger partial charge in [0.25, 0.3) is 0 Å². The van der Waals surface area contributed by atoms with Crippen LogP contribution in [0.15, 0.2) is 24.3 Å². The van der Waals surface area contributed by atoms with Gasteiger partial charge in [0.1, 0.15) is 0 Å². The van der Waals surface area contributed by atoms with Crippen LogP contribution in [0.25, 0.3) is 0 Å². The summed E-state index contributed by atoms with van der Waals surface area (Å²) in [4.78, 5) is 14.2. The molecule has 0 spiro atoms. The van der Waals surface area contributed by atoms with Gasteiger partial charge in [0.15, 0.2) is 0 Å². The zero-order valence-corrected chi connectivity index (χ0v) is 12.5. The standard InChI is InChI=1S/C16H23N3O/c1-4-5-6-10-19(3)13(2)16(20)18-15-9-7-8-14(11-15)12-17/h7-9,11,13H,4-6,10H2,1-3H3,(H,18,20). The Bertz CT molecular complexity index is 479. The number of anilines is 1. The van der Waals surface area contributed by atoms with Crippen molar-refractivity contribution in [2.24, 2.45) is 0 Å². The van der Waals surface area contributed by atoms with Crippen molar-refractivity contribution >= 4 is 11.6 Å². The van der Waals surface area contributed by atoms with E-state index in [1.807, 2.05) is 14.0 Å². The molecule has 1 atom stereocenters. The Morgan fingerprint density at radius 3 is 2.85 bits per heavy atom. The largest absolute Gasteiger partial charge is 0.325 e. The highest BCUT2D eigenvalue weighted by molar-refractivity contribution is 5.94. The van der Waals surface area contributed by atoms with Crippen molar-refractivity contribution < 1.29 is 4.79 Å². The normalized spacial score (nSPS) is 11.9. The van der Waals surface area contributed by atoms with Gasteiger partial charge in [-0.3, -0.25) is 9.69 Å². The third-order valence-electron chi connectivity index (χ3n) is 3.41. The maximum Gasteiger partial charge on any atom is 0.241 e. The first-order valence-corrected chi connectivity index (χ1v) is 7.09. The quantitative estimate of drug-likeness (QED) is 0.777. The van der Waals surface area contributed by atoms with E-state index in [4.69, 9.17) is 5.26 Å². The molecule has 0 aliphatic heterocycles. The lowest BCUT2D eigenvalue weighted by atomic mass is 10.2. The van der Waals surface area contributed by atoms with Crippen molar-refractivity contribution in [3.8, 4) is 6.07 Å². The third kappa shape index (κ3) is 5.02. The number of hydrogen-bond acceptors (Lipinski definition) is 3. The van der Waals surface area contributed by atoms with E-state index in [1.165, 1.54) is 12.8 Å². The average molecular weight is 273 g/mol. The van der Waals surface area contributed by atoms with Crippen LogP contribution in [0.4, 0.5) is 5.69 Å². The molecule has 0 aliphatic carbocycles. The summed E-state index contributed by atoms with van der Waals surface area (Å²) in [6.45, 7) is 4.98. The lowest BCUT2D eigenvalue weighted by Crippen LogP contribution is -2.40. The Kier molecular flexibility index (Phi) is 6.75. The van der Waals surface area contributed by atoms with Crippen LogP contribution in [-0.4, -0.2) is 30.4 Å². The molecule has 0 bridgehead atoms. The average Bonchev–Trinajstić information content (AvgIpc) is 2.46. The van der Waals surface area contributed by atoms with Crippen molar-refractivity contribution in [2.75, 3.05) is 18.9 Å². The first-order chi connectivity index (χ1) is 9.58. The van der Waals surface area contributed by atoms with Crippen molar-refractivity contribution in [1.29, 1.82) is 5.26 Å². The molecule has 1 rings (SSSR count). The maximum absolute atomic E-state index is 12.2. The maximum atomic E-state index is 12.2. The van der Waals surface area contributed by atoms with Gasteiger partial charge in [-0.25, -0.2) is 0 Å². The number of nitriles is 1. The number of nitrogens with one attached hydrogen (secondary N) is 1. The third-order valence-corrected chi connectivity index (χ3v) is 3.41. The summed E-state index contributed by atoms with van der Waals surface area (Å²) in [5, 5.41) is 11.7. The number of carbonyl (C=O) groups excluding carboxylic acids is 1. The molecule has 0 heterocycles. The zero-order chi connectivity index (χ0) is 15.0. The molecule has 0 radical (unpaired) electrons.